The van der Waals surface area contributed by atoms with Crippen LogP contribution in [0.4, 0.5) is 11.4 Å². The molecule has 0 aromatic heterocycles. The summed E-state index contributed by atoms with van der Waals surface area (Å²) >= 11 is 0. The third-order valence-electron chi connectivity index (χ3n) is 3.93. The summed E-state index contributed by atoms with van der Waals surface area (Å²) in [4.78, 5) is 26.1. The van der Waals surface area contributed by atoms with Gasteiger partial charge in [0.15, 0.2) is 11.5 Å². The van der Waals surface area contributed by atoms with Crippen molar-refractivity contribution in [1.29, 1.82) is 0 Å². The van der Waals surface area contributed by atoms with Gasteiger partial charge in [-0.15, -0.1) is 0 Å². The zero-order valence-electron chi connectivity index (χ0n) is 16.0. The van der Waals surface area contributed by atoms with Gasteiger partial charge in [0, 0.05) is 36.6 Å². The minimum Gasteiger partial charge on any atom is -0.493 e. The number of ether oxygens (including phenoxy) is 2. The van der Waals surface area contributed by atoms with Crippen molar-refractivity contribution in [2.75, 3.05) is 44.6 Å². The number of nitrogens with zero attached hydrogens (tertiary/aromatic N) is 1. The number of nitrogens with one attached hydrogen (secondary N) is 2. The van der Waals surface area contributed by atoms with Crippen molar-refractivity contribution in [1.82, 2.24) is 5.32 Å². The number of rotatable bonds is 8. The van der Waals surface area contributed by atoms with Crippen LogP contribution < -0.4 is 25.0 Å². The number of carbonyl (C=O) groups is 2. The highest BCUT2D eigenvalue weighted by Crippen LogP contribution is 2.31. The summed E-state index contributed by atoms with van der Waals surface area (Å²) in [5, 5.41) is 5.55. The van der Waals surface area contributed by atoms with Crippen LogP contribution in [0.15, 0.2) is 42.5 Å². The first-order valence-corrected chi connectivity index (χ1v) is 8.59. The SMILES string of the molecule is CCNC(=O)c1cccc(NC(=O)CN(C)c2ccc(OC)c(OC)c2)c1. The molecule has 0 aliphatic heterocycles. The highest BCUT2D eigenvalue weighted by molar-refractivity contribution is 5.98. The molecule has 0 atom stereocenters. The number of carbonyl (C=O) groups excluding carboxylic acids is 2. The van der Waals surface area contributed by atoms with Crippen molar-refractivity contribution in [3.05, 3.63) is 48.0 Å². The Balaban J connectivity index is 2.03. The van der Waals surface area contributed by atoms with E-state index in [1.54, 1.807) is 49.5 Å². The van der Waals surface area contributed by atoms with Gasteiger partial charge in [0.25, 0.3) is 5.91 Å². The normalized spacial score (nSPS) is 10.1. The summed E-state index contributed by atoms with van der Waals surface area (Å²) in [6.45, 7) is 2.54. The predicted octanol–water partition coefficient (Wildman–Crippen LogP) is 2.53. The molecule has 144 valence electrons. The van der Waals surface area contributed by atoms with Crippen molar-refractivity contribution < 1.29 is 19.1 Å². The van der Waals surface area contributed by atoms with Gasteiger partial charge in [-0.25, -0.2) is 0 Å². The average Bonchev–Trinajstić information content (AvgIpc) is 2.67. The Hall–Kier alpha value is -3.22. The molecule has 0 spiro atoms. The fourth-order valence-corrected chi connectivity index (χ4v) is 2.57. The van der Waals surface area contributed by atoms with Crippen LogP contribution in [0.1, 0.15) is 17.3 Å². The first kappa shape index (κ1) is 20.1. The second-order valence-electron chi connectivity index (χ2n) is 5.88. The lowest BCUT2D eigenvalue weighted by Gasteiger charge is -2.20. The van der Waals surface area contributed by atoms with Crippen LogP contribution >= 0.6 is 0 Å². The van der Waals surface area contributed by atoms with Gasteiger partial charge in [0.1, 0.15) is 0 Å². The number of benzene rings is 2. The maximum absolute atomic E-state index is 12.4. The Labute approximate surface area is 159 Å². The maximum Gasteiger partial charge on any atom is 0.251 e. The van der Waals surface area contributed by atoms with E-state index in [0.29, 0.717) is 29.3 Å². The molecule has 2 rings (SSSR count). The van der Waals surface area contributed by atoms with Gasteiger partial charge in [-0.2, -0.15) is 0 Å². The highest BCUT2D eigenvalue weighted by Gasteiger charge is 2.12. The molecule has 0 unspecified atom stereocenters. The zero-order valence-corrected chi connectivity index (χ0v) is 16.0. The Bertz CT molecular complexity index is 808. The zero-order chi connectivity index (χ0) is 19.8. The number of hydrogen-bond acceptors (Lipinski definition) is 5. The van der Waals surface area contributed by atoms with Gasteiger partial charge in [0.05, 0.1) is 20.8 Å². The average molecular weight is 371 g/mol. The molecule has 0 saturated carbocycles. The van der Waals surface area contributed by atoms with Crippen molar-refractivity contribution in [3.8, 4) is 11.5 Å². The number of methoxy groups -OCH3 is 2. The molecule has 0 bridgehead atoms. The molecule has 0 aliphatic rings. The molecule has 0 heterocycles. The lowest BCUT2D eigenvalue weighted by atomic mass is 10.2. The van der Waals surface area contributed by atoms with Crippen LogP contribution in [-0.2, 0) is 4.79 Å². The Kier molecular flexibility index (Phi) is 7.05. The van der Waals surface area contributed by atoms with E-state index in [0.717, 1.165) is 5.69 Å². The molecule has 7 heteroatoms. The fraction of sp³-hybridized carbons (Fsp3) is 0.300. The Morgan fingerprint density at radius 2 is 1.78 bits per heavy atom. The van der Waals surface area contributed by atoms with E-state index in [2.05, 4.69) is 10.6 Å². The molecule has 2 N–H and O–H groups in total. The smallest absolute Gasteiger partial charge is 0.251 e. The van der Waals surface area contributed by atoms with Crippen LogP contribution in [0.3, 0.4) is 0 Å². The molecule has 2 aromatic rings. The Morgan fingerprint density at radius 3 is 2.44 bits per heavy atom. The standard InChI is InChI=1S/C20H25N3O4/c1-5-21-20(25)14-7-6-8-15(11-14)22-19(24)13-23(2)16-9-10-17(26-3)18(12-16)27-4/h6-12H,5,13H2,1-4H3,(H,21,25)(H,22,24). The molecule has 2 aromatic carbocycles. The molecule has 0 radical (unpaired) electrons. The van der Waals surface area contributed by atoms with Crippen molar-refractivity contribution >= 4 is 23.2 Å². The highest BCUT2D eigenvalue weighted by atomic mass is 16.5. The second kappa shape index (κ2) is 9.47. The van der Waals surface area contributed by atoms with E-state index >= 15 is 0 Å². The van der Waals surface area contributed by atoms with E-state index in [1.165, 1.54) is 0 Å². The fourth-order valence-electron chi connectivity index (χ4n) is 2.57. The first-order chi connectivity index (χ1) is 13.0. The minimum absolute atomic E-state index is 0.140. The monoisotopic (exact) mass is 371 g/mol. The molecular weight excluding hydrogens is 346 g/mol. The number of likely N-dealkylation sites (N-methyl/N-ethyl adjacent to an activating group) is 1. The largest absolute Gasteiger partial charge is 0.493 e. The van der Waals surface area contributed by atoms with E-state index in [1.807, 2.05) is 26.1 Å². The van der Waals surface area contributed by atoms with Gasteiger partial charge in [-0.1, -0.05) is 6.07 Å². The van der Waals surface area contributed by atoms with Gasteiger partial charge in [-0.05, 0) is 37.3 Å². The van der Waals surface area contributed by atoms with Crippen LogP contribution in [-0.4, -0.2) is 46.2 Å². The van der Waals surface area contributed by atoms with Crippen molar-refractivity contribution in [2.24, 2.45) is 0 Å². The van der Waals surface area contributed by atoms with Crippen molar-refractivity contribution in [3.63, 3.8) is 0 Å². The first-order valence-electron chi connectivity index (χ1n) is 8.59. The summed E-state index contributed by atoms with van der Waals surface area (Å²) in [7, 11) is 4.95. The van der Waals surface area contributed by atoms with Crippen LogP contribution in [0.25, 0.3) is 0 Å². The predicted molar refractivity (Wildman–Crippen MR) is 106 cm³/mol. The van der Waals surface area contributed by atoms with E-state index in [-0.39, 0.29) is 18.4 Å². The molecule has 0 fully saturated rings. The number of amides is 2. The molecule has 2 amide bonds. The summed E-state index contributed by atoms with van der Waals surface area (Å²) < 4.78 is 10.5. The number of anilines is 2. The summed E-state index contributed by atoms with van der Waals surface area (Å²) in [6.07, 6.45) is 0. The molecule has 0 saturated heterocycles. The molecular formula is C20H25N3O4. The van der Waals surface area contributed by atoms with E-state index in [4.69, 9.17) is 9.47 Å². The second-order valence-corrected chi connectivity index (χ2v) is 5.88. The molecule has 27 heavy (non-hydrogen) atoms. The Morgan fingerprint density at radius 1 is 1.04 bits per heavy atom. The summed E-state index contributed by atoms with van der Waals surface area (Å²) in [5.41, 5.74) is 1.89. The summed E-state index contributed by atoms with van der Waals surface area (Å²) in [5.74, 6) is 0.856. The van der Waals surface area contributed by atoms with Gasteiger partial charge in [-0.3, -0.25) is 9.59 Å². The topological polar surface area (TPSA) is 79.9 Å². The lowest BCUT2D eigenvalue weighted by molar-refractivity contribution is -0.114. The van der Waals surface area contributed by atoms with Crippen LogP contribution in [0, 0.1) is 0 Å². The third-order valence-corrected chi connectivity index (χ3v) is 3.93. The van der Waals surface area contributed by atoms with Crippen LogP contribution in [0.2, 0.25) is 0 Å². The molecule has 7 nitrogen and oxygen atoms in total. The van der Waals surface area contributed by atoms with Crippen LogP contribution in [0.5, 0.6) is 11.5 Å². The van der Waals surface area contributed by atoms with E-state index < -0.39 is 0 Å². The quantitative estimate of drug-likeness (QED) is 0.745. The van der Waals surface area contributed by atoms with Gasteiger partial charge < -0.3 is 25.0 Å². The van der Waals surface area contributed by atoms with Crippen molar-refractivity contribution in [2.45, 2.75) is 6.92 Å². The molecule has 0 aliphatic carbocycles. The third kappa shape index (κ3) is 5.37. The summed E-state index contributed by atoms with van der Waals surface area (Å²) in [6, 6.07) is 12.3. The lowest BCUT2D eigenvalue weighted by Crippen LogP contribution is -2.30. The maximum atomic E-state index is 12.4. The minimum atomic E-state index is -0.194. The van der Waals surface area contributed by atoms with E-state index in [9.17, 15) is 9.59 Å². The van der Waals surface area contributed by atoms with Gasteiger partial charge in [0.2, 0.25) is 5.91 Å². The van der Waals surface area contributed by atoms with Gasteiger partial charge >= 0.3 is 0 Å². The number of hydrogen-bond donors (Lipinski definition) is 2.